The molecule has 0 aromatic rings. The molecule has 0 amide bonds. The molecule has 76 valence electrons. The lowest BCUT2D eigenvalue weighted by atomic mass is 9.72. The molecule has 0 radical (unpaired) electrons. The van der Waals surface area contributed by atoms with Crippen LogP contribution < -0.4 is 0 Å². The average molecular weight is 182 g/mol. The third-order valence-corrected chi connectivity index (χ3v) is 3.37. The van der Waals surface area contributed by atoms with E-state index in [0.717, 1.165) is 18.3 Å². The van der Waals surface area contributed by atoms with Gasteiger partial charge in [-0.25, -0.2) is 0 Å². The fourth-order valence-corrected chi connectivity index (χ4v) is 2.74. The molecule has 13 heavy (non-hydrogen) atoms. The Balaban J connectivity index is 2.51. The van der Waals surface area contributed by atoms with Crippen LogP contribution in [0.3, 0.4) is 0 Å². The Morgan fingerprint density at radius 2 is 1.92 bits per heavy atom. The second kappa shape index (κ2) is 4.78. The molecule has 0 aromatic carbocycles. The zero-order chi connectivity index (χ0) is 9.84. The largest absolute Gasteiger partial charge is 0.300 e. The Bertz CT molecular complexity index is 172. The van der Waals surface area contributed by atoms with Crippen LogP contribution in [0, 0.1) is 17.8 Å². The normalized spacial score (nSPS) is 29.2. The summed E-state index contributed by atoms with van der Waals surface area (Å²) in [7, 11) is 0. The van der Waals surface area contributed by atoms with E-state index < -0.39 is 0 Å². The summed E-state index contributed by atoms with van der Waals surface area (Å²) in [5, 5.41) is 0. The van der Waals surface area contributed by atoms with Crippen molar-refractivity contribution in [2.45, 2.75) is 52.9 Å². The highest BCUT2D eigenvalue weighted by Crippen LogP contribution is 2.36. The molecule has 2 unspecified atom stereocenters. The van der Waals surface area contributed by atoms with Crippen LogP contribution in [0.5, 0.6) is 0 Å². The average Bonchev–Trinajstić information content (AvgIpc) is 2.03. The third-order valence-electron chi connectivity index (χ3n) is 3.37. The van der Waals surface area contributed by atoms with E-state index in [0.29, 0.717) is 11.7 Å². The first-order valence-electron chi connectivity index (χ1n) is 5.60. The summed E-state index contributed by atoms with van der Waals surface area (Å²) in [5.74, 6) is 2.62. The molecule has 0 bridgehead atoms. The summed E-state index contributed by atoms with van der Waals surface area (Å²) in [6.45, 7) is 6.32. The zero-order valence-electron chi connectivity index (χ0n) is 9.18. The van der Waals surface area contributed by atoms with Crippen LogP contribution in [-0.4, -0.2) is 5.78 Å². The predicted molar refractivity (Wildman–Crippen MR) is 55.6 cm³/mol. The second-order valence-corrected chi connectivity index (χ2v) is 4.86. The van der Waals surface area contributed by atoms with E-state index >= 15 is 0 Å². The molecule has 0 aliphatic heterocycles. The summed E-state index contributed by atoms with van der Waals surface area (Å²) in [6.07, 6.45) is 6.15. The number of hydrogen-bond donors (Lipinski definition) is 0. The van der Waals surface area contributed by atoms with Crippen molar-refractivity contribution in [1.82, 2.24) is 0 Å². The van der Waals surface area contributed by atoms with Gasteiger partial charge in [0, 0.05) is 6.42 Å². The molecule has 1 aliphatic carbocycles. The van der Waals surface area contributed by atoms with Gasteiger partial charge in [-0.2, -0.15) is 0 Å². The highest BCUT2D eigenvalue weighted by molar-refractivity contribution is 5.75. The zero-order valence-corrected chi connectivity index (χ0v) is 9.18. The smallest absolute Gasteiger partial charge is 0.130 e. The number of ketones is 1. The Morgan fingerprint density at radius 1 is 1.31 bits per heavy atom. The number of carbonyl (C=O) groups is 1. The van der Waals surface area contributed by atoms with E-state index in [1.807, 2.05) is 0 Å². The van der Waals surface area contributed by atoms with Gasteiger partial charge in [-0.15, -0.1) is 0 Å². The lowest BCUT2D eigenvalue weighted by molar-refractivity contribution is -0.118. The first-order valence-corrected chi connectivity index (χ1v) is 5.60. The molecular weight excluding hydrogens is 160 g/mol. The standard InChI is InChI=1S/C12H22O/c1-9(2)12-7-5-4-6-11(12)8-10(3)13/h9,11-12H,4-8H2,1-3H3. The molecule has 0 N–H and O–H groups in total. The van der Waals surface area contributed by atoms with Crippen LogP contribution in [0.2, 0.25) is 0 Å². The van der Waals surface area contributed by atoms with E-state index in [9.17, 15) is 4.79 Å². The van der Waals surface area contributed by atoms with Crippen LogP contribution >= 0.6 is 0 Å². The van der Waals surface area contributed by atoms with Crippen LogP contribution in [0.1, 0.15) is 52.9 Å². The molecule has 1 fully saturated rings. The van der Waals surface area contributed by atoms with Crippen molar-refractivity contribution >= 4 is 5.78 Å². The molecule has 1 nitrogen and oxygen atoms in total. The van der Waals surface area contributed by atoms with Crippen molar-refractivity contribution in [2.24, 2.45) is 17.8 Å². The van der Waals surface area contributed by atoms with Crippen LogP contribution in [-0.2, 0) is 4.79 Å². The monoisotopic (exact) mass is 182 g/mol. The van der Waals surface area contributed by atoms with Crippen LogP contribution in [0.4, 0.5) is 0 Å². The number of carbonyl (C=O) groups excluding carboxylic acids is 1. The minimum atomic E-state index is 0.373. The number of hydrogen-bond acceptors (Lipinski definition) is 1. The fourth-order valence-electron chi connectivity index (χ4n) is 2.74. The Morgan fingerprint density at radius 3 is 2.46 bits per heavy atom. The van der Waals surface area contributed by atoms with E-state index in [1.165, 1.54) is 25.7 Å². The third kappa shape index (κ3) is 3.13. The van der Waals surface area contributed by atoms with Crippen molar-refractivity contribution in [3.8, 4) is 0 Å². The molecule has 0 spiro atoms. The highest BCUT2D eigenvalue weighted by Gasteiger charge is 2.27. The van der Waals surface area contributed by atoms with E-state index in [2.05, 4.69) is 13.8 Å². The molecule has 0 aromatic heterocycles. The predicted octanol–water partition coefficient (Wildman–Crippen LogP) is 3.43. The molecule has 1 aliphatic rings. The van der Waals surface area contributed by atoms with E-state index in [4.69, 9.17) is 0 Å². The van der Waals surface area contributed by atoms with Gasteiger partial charge in [0.2, 0.25) is 0 Å². The molecule has 2 atom stereocenters. The van der Waals surface area contributed by atoms with Crippen molar-refractivity contribution in [1.29, 1.82) is 0 Å². The van der Waals surface area contributed by atoms with Gasteiger partial charge in [-0.3, -0.25) is 0 Å². The van der Waals surface area contributed by atoms with Crippen LogP contribution in [0.25, 0.3) is 0 Å². The Hall–Kier alpha value is -0.330. The van der Waals surface area contributed by atoms with Gasteiger partial charge in [0.1, 0.15) is 5.78 Å². The molecule has 1 rings (SSSR count). The maximum atomic E-state index is 11.1. The maximum absolute atomic E-state index is 11.1. The van der Waals surface area contributed by atoms with Crippen molar-refractivity contribution in [3.05, 3.63) is 0 Å². The maximum Gasteiger partial charge on any atom is 0.130 e. The summed E-state index contributed by atoms with van der Waals surface area (Å²) < 4.78 is 0. The second-order valence-electron chi connectivity index (χ2n) is 4.86. The summed E-state index contributed by atoms with van der Waals surface area (Å²) in [6, 6.07) is 0. The van der Waals surface area contributed by atoms with Gasteiger partial charge in [0.05, 0.1) is 0 Å². The van der Waals surface area contributed by atoms with Gasteiger partial charge in [0.15, 0.2) is 0 Å². The first-order chi connectivity index (χ1) is 6.11. The van der Waals surface area contributed by atoms with Gasteiger partial charge >= 0.3 is 0 Å². The quantitative estimate of drug-likeness (QED) is 0.653. The topological polar surface area (TPSA) is 17.1 Å². The summed E-state index contributed by atoms with van der Waals surface area (Å²) >= 11 is 0. The minimum Gasteiger partial charge on any atom is -0.300 e. The van der Waals surface area contributed by atoms with Gasteiger partial charge < -0.3 is 4.79 Å². The van der Waals surface area contributed by atoms with Crippen molar-refractivity contribution in [2.75, 3.05) is 0 Å². The highest BCUT2D eigenvalue weighted by atomic mass is 16.1. The lowest BCUT2D eigenvalue weighted by Crippen LogP contribution is -2.25. The van der Waals surface area contributed by atoms with Gasteiger partial charge in [-0.05, 0) is 37.5 Å². The minimum absolute atomic E-state index is 0.373. The van der Waals surface area contributed by atoms with E-state index in [-0.39, 0.29) is 0 Å². The Kier molecular flexibility index (Phi) is 3.95. The molecule has 0 heterocycles. The first kappa shape index (κ1) is 10.7. The molecule has 1 heteroatoms. The van der Waals surface area contributed by atoms with Crippen molar-refractivity contribution in [3.63, 3.8) is 0 Å². The van der Waals surface area contributed by atoms with Gasteiger partial charge in [-0.1, -0.05) is 26.7 Å². The lowest BCUT2D eigenvalue weighted by Gasteiger charge is -2.33. The summed E-state index contributed by atoms with van der Waals surface area (Å²) in [5.41, 5.74) is 0. The fraction of sp³-hybridized carbons (Fsp3) is 0.917. The molecule has 1 saturated carbocycles. The van der Waals surface area contributed by atoms with E-state index in [1.54, 1.807) is 6.92 Å². The number of rotatable bonds is 3. The molecular formula is C12H22O. The SMILES string of the molecule is CC(=O)CC1CCCCC1C(C)C. The van der Waals surface area contributed by atoms with Crippen molar-refractivity contribution < 1.29 is 4.79 Å². The van der Waals surface area contributed by atoms with Crippen LogP contribution in [0.15, 0.2) is 0 Å². The Labute approximate surface area is 81.9 Å². The van der Waals surface area contributed by atoms with Gasteiger partial charge in [0.25, 0.3) is 0 Å². The molecule has 0 saturated heterocycles. The number of Topliss-reactive ketones (excluding diaryl/α,β-unsaturated/α-hetero) is 1. The summed E-state index contributed by atoms with van der Waals surface area (Å²) in [4.78, 5) is 11.1.